The number of nitrogens with one attached hydrogen (secondary N) is 1. The summed E-state index contributed by atoms with van der Waals surface area (Å²) < 4.78 is 18.5. The SMILES string of the molecule is CC(C)CNC(=O)C(C)N(Cc1ccc(Cl)cc1Cl)C(=O)COc1ccc(F)cc1. The predicted octanol–water partition coefficient (Wildman–Crippen LogP) is 4.70. The molecule has 0 heterocycles. The van der Waals surface area contributed by atoms with Gasteiger partial charge in [0.15, 0.2) is 6.61 Å². The number of carbonyl (C=O) groups is 2. The molecule has 0 bridgehead atoms. The lowest BCUT2D eigenvalue weighted by Gasteiger charge is -2.29. The molecule has 0 spiro atoms. The largest absolute Gasteiger partial charge is 0.484 e. The van der Waals surface area contributed by atoms with Gasteiger partial charge in [-0.3, -0.25) is 9.59 Å². The van der Waals surface area contributed by atoms with Crippen LogP contribution in [0.25, 0.3) is 0 Å². The van der Waals surface area contributed by atoms with Crippen molar-refractivity contribution in [1.82, 2.24) is 10.2 Å². The van der Waals surface area contributed by atoms with E-state index in [4.69, 9.17) is 27.9 Å². The number of amides is 2. The summed E-state index contributed by atoms with van der Waals surface area (Å²) in [6.45, 7) is 5.92. The number of carbonyl (C=O) groups excluding carboxylic acids is 2. The van der Waals surface area contributed by atoms with Crippen molar-refractivity contribution < 1.29 is 18.7 Å². The first-order valence-electron chi connectivity index (χ1n) is 9.57. The monoisotopic (exact) mass is 454 g/mol. The number of ether oxygens (including phenoxy) is 1. The van der Waals surface area contributed by atoms with Gasteiger partial charge in [0.05, 0.1) is 0 Å². The van der Waals surface area contributed by atoms with E-state index in [9.17, 15) is 14.0 Å². The molecule has 2 amide bonds. The van der Waals surface area contributed by atoms with Crippen molar-refractivity contribution in [2.75, 3.05) is 13.2 Å². The van der Waals surface area contributed by atoms with Crippen LogP contribution in [0.15, 0.2) is 42.5 Å². The van der Waals surface area contributed by atoms with Crippen LogP contribution >= 0.6 is 23.2 Å². The maximum absolute atomic E-state index is 13.0. The van der Waals surface area contributed by atoms with Gasteiger partial charge in [0.25, 0.3) is 5.91 Å². The lowest BCUT2D eigenvalue weighted by molar-refractivity contribution is -0.142. The van der Waals surface area contributed by atoms with E-state index >= 15 is 0 Å². The molecule has 0 aliphatic carbocycles. The average Bonchev–Trinajstić information content (AvgIpc) is 2.70. The number of hydrogen-bond acceptors (Lipinski definition) is 3. The molecule has 1 atom stereocenters. The molecule has 162 valence electrons. The van der Waals surface area contributed by atoms with Crippen molar-refractivity contribution in [2.24, 2.45) is 5.92 Å². The van der Waals surface area contributed by atoms with Crippen LogP contribution < -0.4 is 10.1 Å². The summed E-state index contributed by atoms with van der Waals surface area (Å²) in [5, 5.41) is 3.71. The lowest BCUT2D eigenvalue weighted by Crippen LogP contribution is -2.49. The maximum Gasteiger partial charge on any atom is 0.261 e. The second-order valence-electron chi connectivity index (χ2n) is 7.31. The van der Waals surface area contributed by atoms with E-state index in [-0.39, 0.29) is 25.0 Å². The summed E-state index contributed by atoms with van der Waals surface area (Å²) in [7, 11) is 0. The van der Waals surface area contributed by atoms with Crippen molar-refractivity contribution in [1.29, 1.82) is 0 Å². The first-order valence-corrected chi connectivity index (χ1v) is 10.3. The summed E-state index contributed by atoms with van der Waals surface area (Å²) in [5.74, 6) is -0.450. The Labute approximate surface area is 186 Å². The van der Waals surface area contributed by atoms with E-state index in [0.717, 1.165) is 0 Å². The topological polar surface area (TPSA) is 58.6 Å². The van der Waals surface area contributed by atoms with Crippen molar-refractivity contribution in [3.63, 3.8) is 0 Å². The van der Waals surface area contributed by atoms with Gasteiger partial charge in [0.1, 0.15) is 17.6 Å². The molecule has 8 heteroatoms. The Bertz CT molecular complexity index is 875. The molecule has 0 aliphatic rings. The second-order valence-corrected chi connectivity index (χ2v) is 8.16. The highest BCUT2D eigenvalue weighted by Gasteiger charge is 2.27. The quantitative estimate of drug-likeness (QED) is 0.597. The normalized spacial score (nSPS) is 11.8. The Balaban J connectivity index is 2.16. The van der Waals surface area contributed by atoms with Gasteiger partial charge < -0.3 is 15.0 Å². The van der Waals surface area contributed by atoms with Crippen molar-refractivity contribution in [2.45, 2.75) is 33.4 Å². The van der Waals surface area contributed by atoms with Crippen LogP contribution in [0, 0.1) is 11.7 Å². The first-order chi connectivity index (χ1) is 14.2. The Hall–Kier alpha value is -2.31. The fourth-order valence-electron chi connectivity index (χ4n) is 2.63. The van der Waals surface area contributed by atoms with E-state index in [1.807, 2.05) is 13.8 Å². The van der Waals surface area contributed by atoms with Crippen LogP contribution in [0.5, 0.6) is 5.75 Å². The molecule has 30 heavy (non-hydrogen) atoms. The van der Waals surface area contributed by atoms with Crippen LogP contribution in [0.2, 0.25) is 10.0 Å². The third-order valence-electron chi connectivity index (χ3n) is 4.38. The average molecular weight is 455 g/mol. The first kappa shape index (κ1) is 24.0. The van der Waals surface area contributed by atoms with Gasteiger partial charge in [-0.15, -0.1) is 0 Å². The fraction of sp³-hybridized carbons (Fsp3) is 0.364. The maximum atomic E-state index is 13.0. The highest BCUT2D eigenvalue weighted by Crippen LogP contribution is 2.23. The zero-order valence-corrected chi connectivity index (χ0v) is 18.6. The van der Waals surface area contributed by atoms with E-state index in [1.54, 1.807) is 25.1 Å². The summed E-state index contributed by atoms with van der Waals surface area (Å²) in [6.07, 6.45) is 0. The molecular formula is C22H25Cl2FN2O3. The van der Waals surface area contributed by atoms with Crippen LogP contribution in [0.4, 0.5) is 4.39 Å². The summed E-state index contributed by atoms with van der Waals surface area (Å²) >= 11 is 12.2. The number of rotatable bonds is 9. The van der Waals surface area contributed by atoms with Gasteiger partial charge in [-0.1, -0.05) is 43.1 Å². The van der Waals surface area contributed by atoms with E-state index in [0.29, 0.717) is 27.9 Å². The summed E-state index contributed by atoms with van der Waals surface area (Å²) in [5.41, 5.74) is 0.653. The molecule has 0 radical (unpaired) electrons. The molecule has 1 N–H and O–H groups in total. The van der Waals surface area contributed by atoms with Gasteiger partial charge in [0.2, 0.25) is 5.91 Å². The zero-order valence-electron chi connectivity index (χ0n) is 17.1. The number of hydrogen-bond donors (Lipinski definition) is 1. The molecule has 5 nitrogen and oxygen atoms in total. The summed E-state index contributed by atoms with van der Waals surface area (Å²) in [4.78, 5) is 26.9. The van der Waals surface area contributed by atoms with Crippen LogP contribution in [-0.4, -0.2) is 35.9 Å². The Morgan fingerprint density at radius 3 is 2.37 bits per heavy atom. The minimum atomic E-state index is -0.750. The van der Waals surface area contributed by atoms with Crippen LogP contribution in [0.3, 0.4) is 0 Å². The second kappa shape index (κ2) is 11.2. The Kier molecular flexibility index (Phi) is 8.93. The number of benzene rings is 2. The van der Waals surface area contributed by atoms with Crippen LogP contribution in [0.1, 0.15) is 26.3 Å². The molecule has 2 aromatic rings. The van der Waals surface area contributed by atoms with E-state index in [2.05, 4.69) is 5.32 Å². The molecule has 0 saturated carbocycles. The van der Waals surface area contributed by atoms with Crippen molar-refractivity contribution >= 4 is 35.0 Å². The predicted molar refractivity (Wildman–Crippen MR) is 116 cm³/mol. The minimum absolute atomic E-state index is 0.109. The van der Waals surface area contributed by atoms with E-state index < -0.39 is 17.8 Å². The highest BCUT2D eigenvalue weighted by atomic mass is 35.5. The Morgan fingerprint density at radius 2 is 1.77 bits per heavy atom. The molecule has 0 aliphatic heterocycles. The zero-order chi connectivity index (χ0) is 22.3. The fourth-order valence-corrected chi connectivity index (χ4v) is 3.10. The van der Waals surface area contributed by atoms with Crippen molar-refractivity contribution in [3.05, 3.63) is 63.9 Å². The van der Waals surface area contributed by atoms with E-state index in [1.165, 1.54) is 29.2 Å². The summed E-state index contributed by atoms with van der Waals surface area (Å²) in [6, 6.07) is 9.57. The van der Waals surface area contributed by atoms with Gasteiger partial charge in [-0.05, 0) is 54.8 Å². The molecule has 0 saturated heterocycles. The molecule has 0 fully saturated rings. The smallest absolute Gasteiger partial charge is 0.261 e. The molecule has 0 aromatic heterocycles. The highest BCUT2D eigenvalue weighted by molar-refractivity contribution is 6.35. The number of nitrogens with zero attached hydrogens (tertiary/aromatic N) is 1. The third kappa shape index (κ3) is 7.18. The van der Waals surface area contributed by atoms with Gasteiger partial charge >= 0.3 is 0 Å². The lowest BCUT2D eigenvalue weighted by atomic mass is 10.1. The third-order valence-corrected chi connectivity index (χ3v) is 4.97. The van der Waals surface area contributed by atoms with Crippen molar-refractivity contribution in [3.8, 4) is 5.75 Å². The van der Waals surface area contributed by atoms with Crippen LogP contribution in [-0.2, 0) is 16.1 Å². The molecule has 1 unspecified atom stereocenters. The molecule has 2 rings (SSSR count). The van der Waals surface area contributed by atoms with Gasteiger partial charge in [-0.25, -0.2) is 4.39 Å². The molecular weight excluding hydrogens is 430 g/mol. The van der Waals surface area contributed by atoms with Gasteiger partial charge in [-0.2, -0.15) is 0 Å². The minimum Gasteiger partial charge on any atom is -0.484 e. The van der Waals surface area contributed by atoms with Gasteiger partial charge in [0, 0.05) is 23.1 Å². The number of halogens is 3. The standard InChI is InChI=1S/C22H25Cl2FN2O3/c1-14(2)11-26-22(29)15(3)27(12-16-4-5-17(23)10-20(16)24)21(28)13-30-19-8-6-18(25)7-9-19/h4-10,14-15H,11-13H2,1-3H3,(H,26,29). The Morgan fingerprint density at radius 1 is 1.10 bits per heavy atom. The molecule has 2 aromatic carbocycles.